The van der Waals surface area contributed by atoms with Crippen LogP contribution < -0.4 is 10.5 Å². The van der Waals surface area contributed by atoms with Crippen LogP contribution in [0.2, 0.25) is 0 Å². The van der Waals surface area contributed by atoms with Crippen LogP contribution >= 0.6 is 0 Å². The molecule has 3 aliphatic rings. The smallest absolute Gasteiger partial charge is 0.233 e. The molecule has 2 heterocycles. The van der Waals surface area contributed by atoms with Crippen LogP contribution in [0.1, 0.15) is 61.8 Å². The predicted molar refractivity (Wildman–Crippen MR) is 115 cm³/mol. The lowest BCUT2D eigenvalue weighted by molar-refractivity contribution is -0.139. The molecule has 30 heavy (non-hydrogen) atoms. The highest BCUT2D eigenvalue weighted by atomic mass is 16.5. The minimum absolute atomic E-state index is 0.0694. The summed E-state index contributed by atoms with van der Waals surface area (Å²) in [6, 6.07) is 8.13. The summed E-state index contributed by atoms with van der Waals surface area (Å²) >= 11 is 0. The third-order valence-corrected chi connectivity index (χ3v) is 7.63. The molecule has 2 aliphatic carbocycles. The molecule has 1 saturated carbocycles. The minimum atomic E-state index is -0.406. The molecule has 5 rings (SSSR count). The van der Waals surface area contributed by atoms with E-state index < -0.39 is 5.41 Å². The Bertz CT molecular complexity index is 948. The second-order valence-electron chi connectivity index (χ2n) is 9.23. The Labute approximate surface area is 177 Å². The van der Waals surface area contributed by atoms with E-state index in [2.05, 4.69) is 27.0 Å². The first-order chi connectivity index (χ1) is 14.6. The van der Waals surface area contributed by atoms with E-state index in [4.69, 9.17) is 10.5 Å². The molecule has 6 nitrogen and oxygen atoms in total. The fourth-order valence-electron chi connectivity index (χ4n) is 6.07. The highest BCUT2D eigenvalue weighted by Gasteiger charge is 2.50. The van der Waals surface area contributed by atoms with Crippen LogP contribution in [0, 0.1) is 0 Å². The number of rotatable bonds is 3. The number of carbonyl (C=O) groups excluding carboxylic acids is 1. The van der Waals surface area contributed by atoms with E-state index in [0.717, 1.165) is 81.5 Å². The third-order valence-electron chi connectivity index (χ3n) is 7.63. The van der Waals surface area contributed by atoms with Crippen molar-refractivity contribution in [3.05, 3.63) is 47.3 Å². The van der Waals surface area contributed by atoms with Crippen molar-refractivity contribution >= 4 is 11.9 Å². The zero-order valence-electron chi connectivity index (χ0n) is 17.7. The van der Waals surface area contributed by atoms with E-state index in [0.29, 0.717) is 11.9 Å². The number of aryl methyl sites for hydroxylation is 1. The number of anilines is 1. The van der Waals surface area contributed by atoms with E-state index >= 15 is 0 Å². The predicted octanol–water partition coefficient (Wildman–Crippen LogP) is 3.39. The number of methoxy groups -OCH3 is 1. The van der Waals surface area contributed by atoms with Crippen molar-refractivity contribution < 1.29 is 9.53 Å². The van der Waals surface area contributed by atoms with Crippen molar-refractivity contribution in [3.8, 4) is 5.75 Å². The van der Waals surface area contributed by atoms with Crippen LogP contribution in [0.25, 0.3) is 0 Å². The Hall–Kier alpha value is -2.63. The Kier molecular flexibility index (Phi) is 4.68. The molecule has 1 aliphatic heterocycles. The van der Waals surface area contributed by atoms with Crippen molar-refractivity contribution in [1.82, 2.24) is 14.9 Å². The van der Waals surface area contributed by atoms with Gasteiger partial charge in [-0.05, 0) is 61.8 Å². The quantitative estimate of drug-likeness (QED) is 0.845. The third kappa shape index (κ3) is 2.96. The van der Waals surface area contributed by atoms with Gasteiger partial charge in [0.2, 0.25) is 11.9 Å². The zero-order valence-corrected chi connectivity index (χ0v) is 17.7. The van der Waals surface area contributed by atoms with Gasteiger partial charge in [-0.2, -0.15) is 0 Å². The topological polar surface area (TPSA) is 81.3 Å². The summed E-state index contributed by atoms with van der Waals surface area (Å²) < 4.78 is 5.33. The van der Waals surface area contributed by atoms with Gasteiger partial charge in [-0.1, -0.05) is 25.0 Å². The molecule has 0 radical (unpaired) electrons. The second-order valence-corrected chi connectivity index (χ2v) is 9.23. The number of benzene rings is 1. The summed E-state index contributed by atoms with van der Waals surface area (Å²) in [6.07, 6.45) is 10.0. The number of nitrogens with zero attached hydrogens (tertiary/aromatic N) is 3. The summed E-state index contributed by atoms with van der Waals surface area (Å²) in [5.74, 6) is 1.46. The van der Waals surface area contributed by atoms with Crippen LogP contribution in [-0.2, 0) is 22.0 Å². The van der Waals surface area contributed by atoms with Crippen LogP contribution in [0.3, 0.4) is 0 Å². The Morgan fingerprint density at radius 2 is 1.87 bits per heavy atom. The van der Waals surface area contributed by atoms with Gasteiger partial charge in [-0.25, -0.2) is 9.97 Å². The molecular formula is C24H30N4O2. The van der Waals surface area contributed by atoms with Crippen LogP contribution in [0.4, 0.5) is 5.95 Å². The number of likely N-dealkylation sites (tertiary alicyclic amines) is 1. The van der Waals surface area contributed by atoms with Crippen molar-refractivity contribution in [2.24, 2.45) is 0 Å². The van der Waals surface area contributed by atoms with Gasteiger partial charge < -0.3 is 15.4 Å². The van der Waals surface area contributed by atoms with Crippen molar-refractivity contribution in [2.75, 3.05) is 25.9 Å². The maximum absolute atomic E-state index is 14.0. The fourth-order valence-corrected chi connectivity index (χ4v) is 6.07. The molecule has 1 aromatic carbocycles. The van der Waals surface area contributed by atoms with E-state index in [1.807, 2.05) is 18.3 Å². The number of ether oxygens (including phenoxy) is 1. The standard InChI is InChI=1S/C24H30N4O2/c1-30-19-7-5-18(6-8-19)24(11-2-3-12-24)21(29)28-14-4-10-23(16-28)13-9-17-15-26-22(25)27-20(17)23/h5-8,15H,2-4,9-14,16H2,1H3,(H2,25,26,27). The molecule has 1 amide bonds. The van der Waals surface area contributed by atoms with E-state index in [1.165, 1.54) is 5.56 Å². The lowest BCUT2D eigenvalue weighted by atomic mass is 9.74. The van der Waals surface area contributed by atoms with Gasteiger partial charge in [0, 0.05) is 24.7 Å². The summed E-state index contributed by atoms with van der Waals surface area (Å²) in [5, 5.41) is 0. The summed E-state index contributed by atoms with van der Waals surface area (Å²) in [4.78, 5) is 25.0. The molecule has 1 unspecified atom stereocenters. The number of aromatic nitrogens is 2. The van der Waals surface area contributed by atoms with E-state index in [9.17, 15) is 4.79 Å². The molecule has 2 fully saturated rings. The first kappa shape index (κ1) is 19.3. The summed E-state index contributed by atoms with van der Waals surface area (Å²) in [5.41, 5.74) is 8.86. The highest BCUT2D eigenvalue weighted by molar-refractivity contribution is 5.89. The Morgan fingerprint density at radius 3 is 2.60 bits per heavy atom. The number of hydrogen-bond acceptors (Lipinski definition) is 5. The van der Waals surface area contributed by atoms with Gasteiger partial charge in [0.1, 0.15) is 5.75 Å². The molecule has 1 aromatic heterocycles. The molecule has 2 aromatic rings. The van der Waals surface area contributed by atoms with Crippen LogP contribution in [0.15, 0.2) is 30.5 Å². The SMILES string of the molecule is COc1ccc(C2(C(=O)N3CCCC4(CCc5cnc(N)nc54)C3)CCCC2)cc1. The molecule has 6 heteroatoms. The lowest BCUT2D eigenvalue weighted by Gasteiger charge is -2.44. The van der Waals surface area contributed by atoms with Crippen LogP contribution in [-0.4, -0.2) is 41.0 Å². The molecule has 1 saturated heterocycles. The maximum atomic E-state index is 14.0. The number of amides is 1. The summed E-state index contributed by atoms with van der Waals surface area (Å²) in [6.45, 7) is 1.57. The van der Waals surface area contributed by atoms with Gasteiger partial charge in [0.05, 0.1) is 18.2 Å². The molecular weight excluding hydrogens is 376 g/mol. The van der Waals surface area contributed by atoms with Gasteiger partial charge in [0.25, 0.3) is 0 Å². The van der Waals surface area contributed by atoms with Crippen molar-refractivity contribution in [2.45, 2.75) is 62.2 Å². The van der Waals surface area contributed by atoms with E-state index in [-0.39, 0.29) is 5.41 Å². The highest BCUT2D eigenvalue weighted by Crippen LogP contribution is 2.47. The first-order valence-electron chi connectivity index (χ1n) is 11.1. The van der Waals surface area contributed by atoms with Crippen molar-refractivity contribution in [3.63, 3.8) is 0 Å². The molecule has 1 spiro atoms. The monoisotopic (exact) mass is 406 g/mol. The largest absolute Gasteiger partial charge is 0.497 e. The van der Waals surface area contributed by atoms with Gasteiger partial charge in [0.15, 0.2) is 0 Å². The number of hydrogen-bond donors (Lipinski definition) is 1. The van der Waals surface area contributed by atoms with E-state index in [1.54, 1.807) is 7.11 Å². The normalized spacial score (nSPS) is 24.8. The maximum Gasteiger partial charge on any atom is 0.233 e. The Morgan fingerprint density at radius 1 is 1.10 bits per heavy atom. The minimum Gasteiger partial charge on any atom is -0.497 e. The van der Waals surface area contributed by atoms with Crippen molar-refractivity contribution in [1.29, 1.82) is 0 Å². The average molecular weight is 407 g/mol. The lowest BCUT2D eigenvalue weighted by Crippen LogP contribution is -2.53. The fraction of sp³-hybridized carbons (Fsp3) is 0.542. The zero-order chi connectivity index (χ0) is 20.8. The first-order valence-corrected chi connectivity index (χ1v) is 11.1. The number of nitrogen functional groups attached to an aromatic ring is 1. The van der Waals surface area contributed by atoms with Gasteiger partial charge in [-0.3, -0.25) is 4.79 Å². The number of carbonyl (C=O) groups is 1. The number of piperidine rings is 1. The number of nitrogens with two attached hydrogens (primary N) is 1. The van der Waals surface area contributed by atoms with Gasteiger partial charge in [-0.15, -0.1) is 0 Å². The molecule has 158 valence electrons. The summed E-state index contributed by atoms with van der Waals surface area (Å²) in [7, 11) is 1.68. The van der Waals surface area contributed by atoms with Gasteiger partial charge >= 0.3 is 0 Å². The number of fused-ring (bicyclic) bond motifs is 2. The average Bonchev–Trinajstić information content (AvgIpc) is 3.40. The Balaban J connectivity index is 1.46. The molecule has 1 atom stereocenters. The molecule has 0 bridgehead atoms. The van der Waals surface area contributed by atoms with Crippen LogP contribution in [0.5, 0.6) is 5.75 Å². The second kappa shape index (κ2) is 7.25. The molecule has 2 N–H and O–H groups in total.